The van der Waals surface area contributed by atoms with Gasteiger partial charge in [0, 0.05) is 35.0 Å². The van der Waals surface area contributed by atoms with Crippen LogP contribution in [0.2, 0.25) is 5.02 Å². The van der Waals surface area contributed by atoms with Crippen molar-refractivity contribution < 1.29 is 9.59 Å². The predicted molar refractivity (Wildman–Crippen MR) is 95.5 cm³/mol. The minimum atomic E-state index is -0.373. The number of hydrogen-bond acceptors (Lipinski definition) is 4. The Labute approximate surface area is 150 Å². The second-order valence-corrected chi connectivity index (χ2v) is 8.30. The second kappa shape index (κ2) is 6.58. The van der Waals surface area contributed by atoms with Crippen molar-refractivity contribution in [2.45, 2.75) is 47.9 Å². The minimum Gasteiger partial charge on any atom is -0.335 e. The molecule has 5 nitrogen and oxygen atoms in total. The van der Waals surface area contributed by atoms with E-state index in [0.29, 0.717) is 11.1 Å². The maximum atomic E-state index is 12.9. The van der Waals surface area contributed by atoms with Gasteiger partial charge in [0.05, 0.1) is 10.9 Å². The number of halogens is 1. The zero-order valence-corrected chi connectivity index (χ0v) is 14.8. The summed E-state index contributed by atoms with van der Waals surface area (Å²) in [5, 5.41) is 6.51. The summed E-state index contributed by atoms with van der Waals surface area (Å²) in [7, 11) is 0. The van der Waals surface area contributed by atoms with Crippen LogP contribution in [0.15, 0.2) is 23.1 Å². The van der Waals surface area contributed by atoms with Crippen molar-refractivity contribution in [2.75, 3.05) is 18.4 Å². The van der Waals surface area contributed by atoms with E-state index < -0.39 is 0 Å². The van der Waals surface area contributed by atoms with Gasteiger partial charge in [-0.2, -0.15) is 0 Å². The van der Waals surface area contributed by atoms with Crippen molar-refractivity contribution in [1.82, 2.24) is 10.2 Å². The van der Waals surface area contributed by atoms with Gasteiger partial charge in [-0.05, 0) is 44.0 Å². The van der Waals surface area contributed by atoms with E-state index >= 15 is 0 Å². The van der Waals surface area contributed by atoms with Gasteiger partial charge < -0.3 is 15.5 Å². The summed E-state index contributed by atoms with van der Waals surface area (Å²) >= 11 is 7.43. The SMILES string of the molecule is O=C1Nc2cc(Cl)ccc2SC1CC(=O)N1C2CCNCC1CC2. The second-order valence-electron chi connectivity index (χ2n) is 6.62. The highest BCUT2D eigenvalue weighted by Crippen LogP contribution is 2.39. The predicted octanol–water partition coefficient (Wildman–Crippen LogP) is 2.50. The minimum absolute atomic E-state index is 0.108. The summed E-state index contributed by atoms with van der Waals surface area (Å²) in [5.41, 5.74) is 0.736. The number of hydrogen-bond donors (Lipinski definition) is 2. The van der Waals surface area contributed by atoms with Crippen LogP contribution in [0.25, 0.3) is 0 Å². The largest absolute Gasteiger partial charge is 0.335 e. The first-order valence-corrected chi connectivity index (χ1v) is 9.66. The van der Waals surface area contributed by atoms with Crippen LogP contribution in [0.1, 0.15) is 25.7 Å². The monoisotopic (exact) mass is 365 g/mol. The number of carbonyl (C=O) groups is 2. The van der Waals surface area contributed by atoms with Crippen molar-refractivity contribution in [3.63, 3.8) is 0 Å². The van der Waals surface area contributed by atoms with Gasteiger partial charge in [0.2, 0.25) is 11.8 Å². The number of anilines is 1. The van der Waals surface area contributed by atoms with Crippen LogP contribution in [-0.4, -0.2) is 47.1 Å². The maximum absolute atomic E-state index is 12.9. The lowest BCUT2D eigenvalue weighted by Crippen LogP contribution is -2.44. The third-order valence-electron chi connectivity index (χ3n) is 5.06. The zero-order valence-electron chi connectivity index (χ0n) is 13.3. The van der Waals surface area contributed by atoms with Crippen LogP contribution in [0.4, 0.5) is 5.69 Å². The van der Waals surface area contributed by atoms with Crippen molar-refractivity contribution in [3.8, 4) is 0 Å². The van der Waals surface area contributed by atoms with Gasteiger partial charge in [-0.3, -0.25) is 9.59 Å². The summed E-state index contributed by atoms with van der Waals surface area (Å²) in [6.07, 6.45) is 3.41. The quantitative estimate of drug-likeness (QED) is 0.845. The molecule has 3 unspecified atom stereocenters. The molecule has 0 aliphatic carbocycles. The molecule has 1 aromatic rings. The Balaban J connectivity index is 1.48. The first-order chi connectivity index (χ1) is 11.6. The number of benzene rings is 1. The molecule has 2 saturated heterocycles. The van der Waals surface area contributed by atoms with E-state index in [1.54, 1.807) is 6.07 Å². The number of carbonyl (C=O) groups excluding carboxylic acids is 2. The fourth-order valence-corrected chi connectivity index (χ4v) is 5.16. The number of nitrogens with zero attached hydrogens (tertiary/aromatic N) is 1. The van der Waals surface area contributed by atoms with Crippen LogP contribution < -0.4 is 10.6 Å². The van der Waals surface area contributed by atoms with Crippen molar-refractivity contribution in [3.05, 3.63) is 23.2 Å². The fourth-order valence-electron chi connectivity index (χ4n) is 3.91. The Kier molecular flexibility index (Phi) is 4.45. The lowest BCUT2D eigenvalue weighted by atomic mass is 10.1. The standard InChI is InChI=1S/C17H20ClN3O2S/c18-10-1-4-14-13(7-10)20-17(23)15(24-14)8-16(22)21-11-2-3-12(21)9-19-6-5-11/h1,4,7,11-12,15,19H,2-3,5-6,8-9H2,(H,20,23). The van der Waals surface area contributed by atoms with Gasteiger partial charge >= 0.3 is 0 Å². The van der Waals surface area contributed by atoms with E-state index in [4.69, 9.17) is 11.6 Å². The Morgan fingerprint density at radius 2 is 2.12 bits per heavy atom. The number of rotatable bonds is 2. The molecule has 2 N–H and O–H groups in total. The Bertz CT molecular complexity index is 670. The molecular weight excluding hydrogens is 346 g/mol. The molecule has 3 aliphatic heterocycles. The van der Waals surface area contributed by atoms with Gasteiger partial charge in [0.1, 0.15) is 0 Å². The van der Waals surface area contributed by atoms with Crippen LogP contribution >= 0.6 is 23.4 Å². The zero-order chi connectivity index (χ0) is 16.7. The average molecular weight is 366 g/mol. The lowest BCUT2D eigenvalue weighted by molar-refractivity contribution is -0.135. The van der Waals surface area contributed by atoms with Gasteiger partial charge in [-0.1, -0.05) is 11.6 Å². The molecule has 2 fully saturated rings. The molecule has 128 valence electrons. The lowest BCUT2D eigenvalue weighted by Gasteiger charge is -2.30. The van der Waals surface area contributed by atoms with Gasteiger partial charge in [0.25, 0.3) is 0 Å². The number of amides is 2. The van der Waals surface area contributed by atoms with Crippen LogP contribution in [-0.2, 0) is 9.59 Å². The van der Waals surface area contributed by atoms with Crippen LogP contribution in [0, 0.1) is 0 Å². The molecule has 2 bridgehead atoms. The van der Waals surface area contributed by atoms with Gasteiger partial charge in [-0.25, -0.2) is 0 Å². The highest BCUT2D eigenvalue weighted by atomic mass is 35.5. The first kappa shape index (κ1) is 16.2. The topological polar surface area (TPSA) is 61.4 Å². The molecule has 0 spiro atoms. The highest BCUT2D eigenvalue weighted by Gasteiger charge is 2.40. The third-order valence-corrected chi connectivity index (χ3v) is 6.57. The van der Waals surface area contributed by atoms with Gasteiger partial charge in [-0.15, -0.1) is 11.8 Å². The molecule has 7 heteroatoms. The summed E-state index contributed by atoms with van der Waals surface area (Å²) in [5.74, 6) is -0.000302. The summed E-state index contributed by atoms with van der Waals surface area (Å²) in [6.45, 7) is 1.84. The van der Waals surface area contributed by atoms with Crippen molar-refractivity contribution in [2.24, 2.45) is 0 Å². The Hall–Kier alpha value is -1.24. The van der Waals surface area contributed by atoms with E-state index in [1.165, 1.54) is 11.8 Å². The van der Waals surface area contributed by atoms with E-state index in [9.17, 15) is 9.59 Å². The molecule has 1 aromatic carbocycles. The van der Waals surface area contributed by atoms with E-state index in [0.717, 1.165) is 42.9 Å². The van der Waals surface area contributed by atoms with Crippen LogP contribution in [0.5, 0.6) is 0 Å². The molecular formula is C17H20ClN3O2S. The smallest absolute Gasteiger partial charge is 0.238 e. The summed E-state index contributed by atoms with van der Waals surface area (Å²) in [6, 6.07) is 6.08. The van der Waals surface area contributed by atoms with Crippen LogP contribution in [0.3, 0.4) is 0 Å². The first-order valence-electron chi connectivity index (χ1n) is 8.41. The molecule has 0 aromatic heterocycles. The van der Waals surface area contributed by atoms with Gasteiger partial charge in [0.15, 0.2) is 0 Å². The van der Waals surface area contributed by atoms with E-state index in [1.807, 2.05) is 17.0 Å². The molecule has 3 atom stereocenters. The van der Waals surface area contributed by atoms with Crippen molar-refractivity contribution in [1.29, 1.82) is 0 Å². The molecule has 4 rings (SSSR count). The number of thioether (sulfide) groups is 1. The molecule has 0 radical (unpaired) electrons. The number of nitrogens with one attached hydrogen (secondary N) is 2. The molecule has 2 amide bonds. The molecule has 3 aliphatic rings. The normalized spacial score (nSPS) is 29.0. The molecule has 3 heterocycles. The van der Waals surface area contributed by atoms with Crippen molar-refractivity contribution >= 4 is 40.9 Å². The fraction of sp³-hybridized carbons (Fsp3) is 0.529. The third kappa shape index (κ3) is 3.03. The highest BCUT2D eigenvalue weighted by molar-refractivity contribution is 8.01. The van der Waals surface area contributed by atoms with E-state index in [-0.39, 0.29) is 29.5 Å². The maximum Gasteiger partial charge on any atom is 0.238 e. The van der Waals surface area contributed by atoms with E-state index in [2.05, 4.69) is 10.6 Å². The summed E-state index contributed by atoms with van der Waals surface area (Å²) in [4.78, 5) is 28.3. The Morgan fingerprint density at radius 1 is 1.29 bits per heavy atom. The number of fused-ring (bicyclic) bond motifs is 3. The average Bonchev–Trinajstić information content (AvgIpc) is 2.81. The molecule has 0 saturated carbocycles. The summed E-state index contributed by atoms with van der Waals surface area (Å²) < 4.78 is 0. The Morgan fingerprint density at radius 3 is 3.00 bits per heavy atom. The molecule has 24 heavy (non-hydrogen) atoms.